The molecule has 1 N–H and O–H groups in total. The van der Waals surface area contributed by atoms with Gasteiger partial charge in [-0.3, -0.25) is 14.3 Å². The van der Waals surface area contributed by atoms with Crippen LogP contribution in [0.15, 0.2) is 60.8 Å². The number of rotatable bonds is 7. The molecule has 1 aliphatic heterocycles. The largest absolute Gasteiger partial charge is 0.359 e. The second kappa shape index (κ2) is 9.61. The summed E-state index contributed by atoms with van der Waals surface area (Å²) >= 11 is 0. The molecule has 1 aromatic heterocycles. The molecule has 6 heteroatoms. The number of nitrogens with one attached hydrogen (secondary N) is 1. The molecule has 0 saturated carbocycles. The summed E-state index contributed by atoms with van der Waals surface area (Å²) in [6.07, 6.45) is 3.38. The van der Waals surface area contributed by atoms with E-state index in [1.165, 1.54) is 5.56 Å². The Morgan fingerprint density at radius 1 is 1.09 bits per heavy atom. The minimum absolute atomic E-state index is 0.000217. The van der Waals surface area contributed by atoms with Crippen LogP contribution in [0.4, 0.5) is 0 Å². The van der Waals surface area contributed by atoms with E-state index in [0.717, 1.165) is 22.4 Å². The van der Waals surface area contributed by atoms with E-state index in [-0.39, 0.29) is 11.8 Å². The van der Waals surface area contributed by atoms with Gasteiger partial charge < -0.3 is 10.2 Å². The lowest BCUT2D eigenvalue weighted by Crippen LogP contribution is -2.44. The van der Waals surface area contributed by atoms with Crippen molar-refractivity contribution in [2.24, 2.45) is 5.41 Å². The number of aromatic nitrogens is 2. The minimum atomic E-state index is -0.633. The molecule has 2 amide bonds. The molecule has 3 aromatic rings. The molecule has 0 spiro atoms. The molecule has 2 heterocycles. The first-order valence-corrected chi connectivity index (χ1v) is 11.6. The van der Waals surface area contributed by atoms with E-state index in [1.54, 1.807) is 13.2 Å². The lowest BCUT2D eigenvalue weighted by molar-refractivity contribution is -0.133. The number of likely N-dealkylation sites (tertiary alicyclic amines) is 1. The zero-order chi connectivity index (χ0) is 23.4. The Bertz CT molecular complexity index is 1150. The molecular weight excluding hydrogens is 412 g/mol. The van der Waals surface area contributed by atoms with Crippen LogP contribution in [0, 0.1) is 19.3 Å². The summed E-state index contributed by atoms with van der Waals surface area (Å²) in [4.78, 5) is 28.0. The van der Waals surface area contributed by atoms with Crippen LogP contribution in [0.5, 0.6) is 0 Å². The standard InChI is InChI=1S/C27H32N4O2/c1-20-7-6-9-22(17-20)24-10-5-4-8-23(24)18-27(26(33)28-3)13-16-30(19-27)25(32)12-15-31-21(2)11-14-29-31/h4-11,14,17H,12-13,15-16,18-19H2,1-3H3,(H,28,33)/t27-/m0/s1. The van der Waals surface area contributed by atoms with Gasteiger partial charge in [-0.15, -0.1) is 0 Å². The molecule has 0 bridgehead atoms. The van der Waals surface area contributed by atoms with Crippen molar-refractivity contribution in [3.05, 3.63) is 77.6 Å². The van der Waals surface area contributed by atoms with Crippen molar-refractivity contribution in [2.75, 3.05) is 20.1 Å². The Hall–Kier alpha value is -3.41. The third kappa shape index (κ3) is 4.85. The van der Waals surface area contributed by atoms with Crippen LogP contribution >= 0.6 is 0 Å². The molecule has 1 fully saturated rings. The van der Waals surface area contributed by atoms with E-state index in [1.807, 2.05) is 34.7 Å². The van der Waals surface area contributed by atoms with Crippen LogP contribution < -0.4 is 5.32 Å². The normalized spacial score (nSPS) is 17.8. The lowest BCUT2D eigenvalue weighted by Gasteiger charge is -2.29. The van der Waals surface area contributed by atoms with Crippen molar-refractivity contribution >= 4 is 11.8 Å². The van der Waals surface area contributed by atoms with Crippen LogP contribution in [0.2, 0.25) is 0 Å². The van der Waals surface area contributed by atoms with E-state index in [9.17, 15) is 9.59 Å². The monoisotopic (exact) mass is 444 g/mol. The Kier molecular flexibility index (Phi) is 6.63. The van der Waals surface area contributed by atoms with E-state index in [0.29, 0.717) is 38.9 Å². The van der Waals surface area contributed by atoms with Gasteiger partial charge in [-0.05, 0) is 49.4 Å². The van der Waals surface area contributed by atoms with Crippen LogP contribution in [0.1, 0.15) is 29.7 Å². The summed E-state index contributed by atoms with van der Waals surface area (Å²) in [6, 6.07) is 18.7. The molecule has 1 saturated heterocycles. The SMILES string of the molecule is CNC(=O)[C@]1(Cc2ccccc2-c2cccc(C)c2)CCN(C(=O)CCn2nccc2C)C1. The van der Waals surface area contributed by atoms with Crippen LogP contribution in [0.25, 0.3) is 11.1 Å². The average Bonchev–Trinajstić information content (AvgIpc) is 3.44. The molecule has 1 atom stereocenters. The van der Waals surface area contributed by atoms with Crippen molar-refractivity contribution < 1.29 is 9.59 Å². The topological polar surface area (TPSA) is 67.2 Å². The molecule has 0 unspecified atom stereocenters. The van der Waals surface area contributed by atoms with E-state index in [4.69, 9.17) is 0 Å². The van der Waals surface area contributed by atoms with Crippen molar-refractivity contribution in [3.63, 3.8) is 0 Å². The molecule has 1 aliphatic rings. The van der Waals surface area contributed by atoms with E-state index >= 15 is 0 Å². The summed E-state index contributed by atoms with van der Waals surface area (Å²) in [5, 5.41) is 7.13. The zero-order valence-corrected chi connectivity index (χ0v) is 19.7. The quantitative estimate of drug-likeness (QED) is 0.603. The highest BCUT2D eigenvalue weighted by Crippen LogP contribution is 2.38. The summed E-state index contributed by atoms with van der Waals surface area (Å²) in [5.74, 6) is 0.0717. The Morgan fingerprint density at radius 2 is 1.91 bits per heavy atom. The maximum absolute atomic E-state index is 13.1. The summed E-state index contributed by atoms with van der Waals surface area (Å²) in [6.45, 7) is 5.65. The number of carbonyl (C=O) groups excluding carboxylic acids is 2. The summed E-state index contributed by atoms with van der Waals surface area (Å²) in [7, 11) is 1.68. The third-order valence-electron chi connectivity index (χ3n) is 6.76. The van der Waals surface area contributed by atoms with Crippen molar-refractivity contribution in [1.29, 1.82) is 0 Å². The molecule has 4 rings (SSSR count). The predicted molar refractivity (Wildman–Crippen MR) is 130 cm³/mol. The number of carbonyl (C=O) groups is 2. The smallest absolute Gasteiger partial charge is 0.228 e. The average molecular weight is 445 g/mol. The van der Waals surface area contributed by atoms with Crippen LogP contribution in [-0.4, -0.2) is 46.6 Å². The fourth-order valence-electron chi connectivity index (χ4n) is 4.89. The van der Waals surface area contributed by atoms with Crippen molar-refractivity contribution in [2.45, 2.75) is 39.7 Å². The fourth-order valence-corrected chi connectivity index (χ4v) is 4.89. The molecule has 6 nitrogen and oxygen atoms in total. The first kappa shape index (κ1) is 22.8. The van der Waals surface area contributed by atoms with Crippen LogP contribution in [0.3, 0.4) is 0 Å². The van der Waals surface area contributed by atoms with Gasteiger partial charge in [-0.25, -0.2) is 0 Å². The lowest BCUT2D eigenvalue weighted by atomic mass is 9.78. The zero-order valence-electron chi connectivity index (χ0n) is 19.7. The second-order valence-electron chi connectivity index (χ2n) is 9.07. The van der Waals surface area contributed by atoms with Gasteiger partial charge in [0.05, 0.1) is 5.41 Å². The number of benzene rings is 2. The van der Waals surface area contributed by atoms with E-state index < -0.39 is 5.41 Å². The van der Waals surface area contributed by atoms with Gasteiger partial charge in [0, 0.05) is 45.0 Å². The molecule has 0 radical (unpaired) electrons. The number of amides is 2. The molecule has 0 aliphatic carbocycles. The number of aryl methyl sites for hydroxylation is 3. The first-order chi connectivity index (χ1) is 15.9. The second-order valence-corrected chi connectivity index (χ2v) is 9.07. The highest BCUT2D eigenvalue weighted by atomic mass is 16.2. The Labute approximate surface area is 195 Å². The minimum Gasteiger partial charge on any atom is -0.359 e. The van der Waals surface area contributed by atoms with Gasteiger partial charge in [-0.1, -0.05) is 54.1 Å². The predicted octanol–water partition coefficient (Wildman–Crippen LogP) is 3.76. The highest BCUT2D eigenvalue weighted by molar-refractivity contribution is 5.86. The van der Waals surface area contributed by atoms with E-state index in [2.05, 4.69) is 53.7 Å². The molecule has 172 valence electrons. The molecule has 2 aromatic carbocycles. The number of hydrogen-bond donors (Lipinski definition) is 1. The number of nitrogens with zero attached hydrogens (tertiary/aromatic N) is 3. The fraction of sp³-hybridized carbons (Fsp3) is 0.370. The van der Waals surface area contributed by atoms with Crippen molar-refractivity contribution in [3.8, 4) is 11.1 Å². The first-order valence-electron chi connectivity index (χ1n) is 11.6. The van der Waals surface area contributed by atoms with Crippen LogP contribution in [-0.2, 0) is 22.6 Å². The highest BCUT2D eigenvalue weighted by Gasteiger charge is 2.45. The maximum Gasteiger partial charge on any atom is 0.228 e. The maximum atomic E-state index is 13.1. The Balaban J connectivity index is 1.54. The summed E-state index contributed by atoms with van der Waals surface area (Å²) < 4.78 is 1.85. The van der Waals surface area contributed by atoms with Gasteiger partial charge in [0.15, 0.2) is 0 Å². The summed E-state index contributed by atoms with van der Waals surface area (Å²) in [5.41, 5.74) is 5.03. The number of hydrogen-bond acceptors (Lipinski definition) is 3. The van der Waals surface area contributed by atoms with Gasteiger partial charge >= 0.3 is 0 Å². The third-order valence-corrected chi connectivity index (χ3v) is 6.76. The van der Waals surface area contributed by atoms with Gasteiger partial charge in [0.1, 0.15) is 0 Å². The van der Waals surface area contributed by atoms with Gasteiger partial charge in [-0.2, -0.15) is 5.10 Å². The molecular formula is C27H32N4O2. The van der Waals surface area contributed by atoms with Gasteiger partial charge in [0.25, 0.3) is 0 Å². The molecule has 33 heavy (non-hydrogen) atoms. The van der Waals surface area contributed by atoms with Gasteiger partial charge in [0.2, 0.25) is 11.8 Å². The Morgan fingerprint density at radius 3 is 2.64 bits per heavy atom. The van der Waals surface area contributed by atoms with Crippen molar-refractivity contribution in [1.82, 2.24) is 20.0 Å².